The van der Waals surface area contributed by atoms with Crippen molar-refractivity contribution in [3.8, 4) is 0 Å². The van der Waals surface area contributed by atoms with Crippen molar-refractivity contribution in [2.45, 2.75) is 20.8 Å². The van der Waals surface area contributed by atoms with Gasteiger partial charge in [0.15, 0.2) is 0 Å². The number of benzene rings is 1. The van der Waals surface area contributed by atoms with Crippen molar-refractivity contribution in [2.24, 2.45) is 0 Å². The summed E-state index contributed by atoms with van der Waals surface area (Å²) in [5.41, 5.74) is 3.40. The first-order valence-electron chi connectivity index (χ1n) is 9.30. The van der Waals surface area contributed by atoms with Gasteiger partial charge < -0.3 is 20.3 Å². The van der Waals surface area contributed by atoms with Gasteiger partial charge in [-0.05, 0) is 44.5 Å². The van der Waals surface area contributed by atoms with Gasteiger partial charge in [0, 0.05) is 50.6 Å². The van der Waals surface area contributed by atoms with Crippen LogP contribution in [-0.4, -0.2) is 69.8 Å². The molecule has 1 aromatic carbocycles. The summed E-state index contributed by atoms with van der Waals surface area (Å²) in [4.78, 5) is 16.6. The van der Waals surface area contributed by atoms with Gasteiger partial charge in [-0.1, -0.05) is 0 Å². The Morgan fingerprint density at radius 2 is 1.96 bits per heavy atom. The number of amides is 1. The van der Waals surface area contributed by atoms with Gasteiger partial charge in [-0.15, -0.1) is 0 Å². The van der Waals surface area contributed by atoms with Crippen molar-refractivity contribution in [1.29, 1.82) is 0 Å². The third kappa shape index (κ3) is 6.21. The molecule has 0 bridgehead atoms. The lowest BCUT2D eigenvalue weighted by molar-refractivity contribution is -0.119. The summed E-state index contributed by atoms with van der Waals surface area (Å²) in [6.07, 6.45) is 0. The highest BCUT2D eigenvalue weighted by atomic mass is 16.5. The molecule has 1 heterocycles. The standard InChI is InChI=1S/C19H32N4O2/c1-4-23(5-2)17-6-7-18(16(3)14-17)21-15-19(24)20-8-9-22-10-12-25-13-11-22/h6-7,14,21H,4-5,8-13,15H2,1-3H3,(H,20,24). The van der Waals surface area contributed by atoms with E-state index >= 15 is 0 Å². The van der Waals surface area contributed by atoms with Gasteiger partial charge in [0.25, 0.3) is 0 Å². The molecule has 2 N–H and O–H groups in total. The van der Waals surface area contributed by atoms with Crippen LogP contribution in [0.25, 0.3) is 0 Å². The van der Waals surface area contributed by atoms with Crippen molar-refractivity contribution in [3.63, 3.8) is 0 Å². The lowest BCUT2D eigenvalue weighted by Crippen LogP contribution is -2.42. The highest BCUT2D eigenvalue weighted by molar-refractivity contribution is 5.81. The lowest BCUT2D eigenvalue weighted by atomic mass is 10.1. The van der Waals surface area contributed by atoms with Crippen LogP contribution < -0.4 is 15.5 Å². The predicted molar refractivity (Wildman–Crippen MR) is 103 cm³/mol. The second-order valence-corrected chi connectivity index (χ2v) is 6.33. The molecular formula is C19H32N4O2. The SMILES string of the molecule is CCN(CC)c1ccc(NCC(=O)NCCN2CCOCC2)c(C)c1. The number of aryl methyl sites for hydroxylation is 1. The van der Waals surface area contributed by atoms with E-state index in [1.807, 2.05) is 0 Å². The molecule has 0 aliphatic carbocycles. The van der Waals surface area contributed by atoms with E-state index in [-0.39, 0.29) is 5.91 Å². The first kappa shape index (κ1) is 19.5. The number of carbonyl (C=O) groups is 1. The van der Waals surface area contributed by atoms with Crippen molar-refractivity contribution in [2.75, 3.05) is 69.2 Å². The molecule has 1 aromatic rings. The number of hydrogen-bond acceptors (Lipinski definition) is 5. The van der Waals surface area contributed by atoms with Crippen LogP contribution in [0.15, 0.2) is 18.2 Å². The van der Waals surface area contributed by atoms with Gasteiger partial charge in [-0.2, -0.15) is 0 Å². The molecular weight excluding hydrogens is 316 g/mol. The Kier molecular flexibility index (Phi) is 8.01. The average molecular weight is 348 g/mol. The molecule has 0 unspecified atom stereocenters. The lowest BCUT2D eigenvalue weighted by Gasteiger charge is -2.26. The maximum absolute atomic E-state index is 12.0. The van der Waals surface area contributed by atoms with E-state index in [4.69, 9.17) is 4.74 Å². The summed E-state index contributed by atoms with van der Waals surface area (Å²) < 4.78 is 5.32. The van der Waals surface area contributed by atoms with Crippen LogP contribution in [0, 0.1) is 6.92 Å². The molecule has 25 heavy (non-hydrogen) atoms. The molecule has 6 heteroatoms. The number of carbonyl (C=O) groups excluding carboxylic acids is 1. The van der Waals surface area contributed by atoms with Gasteiger partial charge in [-0.25, -0.2) is 0 Å². The fraction of sp³-hybridized carbons (Fsp3) is 0.632. The fourth-order valence-electron chi connectivity index (χ4n) is 3.05. The molecule has 0 radical (unpaired) electrons. The van der Waals surface area contributed by atoms with E-state index in [1.54, 1.807) is 0 Å². The van der Waals surface area contributed by atoms with Gasteiger partial charge in [-0.3, -0.25) is 9.69 Å². The summed E-state index contributed by atoms with van der Waals surface area (Å²) in [5.74, 6) is 0.0282. The van der Waals surface area contributed by atoms with Gasteiger partial charge in [0.05, 0.1) is 19.8 Å². The molecule has 140 valence electrons. The Morgan fingerprint density at radius 3 is 2.60 bits per heavy atom. The largest absolute Gasteiger partial charge is 0.379 e. The summed E-state index contributed by atoms with van der Waals surface area (Å²) in [5, 5.41) is 6.21. The molecule has 1 amide bonds. The van der Waals surface area contributed by atoms with Crippen LogP contribution in [0.4, 0.5) is 11.4 Å². The van der Waals surface area contributed by atoms with Crippen LogP contribution in [0.5, 0.6) is 0 Å². The first-order chi connectivity index (χ1) is 12.1. The Bertz CT molecular complexity index is 540. The second-order valence-electron chi connectivity index (χ2n) is 6.33. The summed E-state index contributed by atoms with van der Waals surface area (Å²) in [6, 6.07) is 6.34. The van der Waals surface area contributed by atoms with Crippen molar-refractivity contribution >= 4 is 17.3 Å². The molecule has 0 saturated carbocycles. The second kappa shape index (κ2) is 10.3. The highest BCUT2D eigenvalue weighted by Gasteiger charge is 2.10. The zero-order chi connectivity index (χ0) is 18.1. The van der Waals surface area contributed by atoms with E-state index < -0.39 is 0 Å². The molecule has 0 atom stereocenters. The maximum Gasteiger partial charge on any atom is 0.239 e. The third-order valence-electron chi connectivity index (χ3n) is 4.63. The number of nitrogens with zero attached hydrogens (tertiary/aromatic N) is 2. The number of anilines is 2. The number of nitrogens with one attached hydrogen (secondary N) is 2. The molecule has 0 spiro atoms. The van der Waals surface area contributed by atoms with Crippen molar-refractivity contribution in [1.82, 2.24) is 10.2 Å². The van der Waals surface area contributed by atoms with Crippen LogP contribution in [-0.2, 0) is 9.53 Å². The number of morpholine rings is 1. The van der Waals surface area contributed by atoms with Gasteiger partial charge >= 0.3 is 0 Å². The Labute approximate surface area is 151 Å². The topological polar surface area (TPSA) is 56.8 Å². The van der Waals surface area contributed by atoms with Crippen molar-refractivity contribution in [3.05, 3.63) is 23.8 Å². The Morgan fingerprint density at radius 1 is 1.24 bits per heavy atom. The number of hydrogen-bond donors (Lipinski definition) is 2. The van der Waals surface area contributed by atoms with Crippen LogP contribution in [0.1, 0.15) is 19.4 Å². The molecule has 1 fully saturated rings. The Hall–Kier alpha value is -1.79. The number of ether oxygens (including phenoxy) is 1. The van der Waals surface area contributed by atoms with Crippen LogP contribution >= 0.6 is 0 Å². The maximum atomic E-state index is 12.0. The third-order valence-corrected chi connectivity index (χ3v) is 4.63. The van der Waals surface area contributed by atoms with Crippen LogP contribution in [0.2, 0.25) is 0 Å². The summed E-state index contributed by atoms with van der Waals surface area (Å²) in [6.45, 7) is 13.7. The van der Waals surface area contributed by atoms with E-state index in [9.17, 15) is 4.79 Å². The van der Waals surface area contributed by atoms with Crippen LogP contribution in [0.3, 0.4) is 0 Å². The highest BCUT2D eigenvalue weighted by Crippen LogP contribution is 2.22. The molecule has 1 aliphatic heterocycles. The van der Waals surface area contributed by atoms with E-state index in [0.717, 1.165) is 57.2 Å². The molecule has 6 nitrogen and oxygen atoms in total. The van der Waals surface area contributed by atoms with Gasteiger partial charge in [0.2, 0.25) is 5.91 Å². The Balaban J connectivity index is 1.73. The molecule has 2 rings (SSSR count). The van der Waals surface area contributed by atoms with Gasteiger partial charge in [0.1, 0.15) is 0 Å². The molecule has 1 saturated heterocycles. The van der Waals surface area contributed by atoms with E-state index in [2.05, 4.69) is 59.4 Å². The average Bonchev–Trinajstić information content (AvgIpc) is 2.63. The van der Waals surface area contributed by atoms with Crippen molar-refractivity contribution < 1.29 is 9.53 Å². The minimum absolute atomic E-state index is 0.0282. The smallest absolute Gasteiger partial charge is 0.239 e. The zero-order valence-corrected chi connectivity index (χ0v) is 15.8. The summed E-state index contributed by atoms with van der Waals surface area (Å²) >= 11 is 0. The quantitative estimate of drug-likeness (QED) is 0.711. The minimum atomic E-state index is 0.0282. The fourth-order valence-corrected chi connectivity index (χ4v) is 3.05. The molecule has 0 aromatic heterocycles. The monoisotopic (exact) mass is 348 g/mol. The zero-order valence-electron chi connectivity index (χ0n) is 15.8. The summed E-state index contributed by atoms with van der Waals surface area (Å²) in [7, 11) is 0. The minimum Gasteiger partial charge on any atom is -0.379 e. The van der Waals surface area contributed by atoms with E-state index in [1.165, 1.54) is 5.69 Å². The normalized spacial score (nSPS) is 15.0. The number of rotatable bonds is 9. The first-order valence-corrected chi connectivity index (χ1v) is 9.30. The van der Waals surface area contributed by atoms with E-state index in [0.29, 0.717) is 13.1 Å². The molecule has 1 aliphatic rings. The predicted octanol–water partition coefficient (Wildman–Crippen LogP) is 1.70.